The van der Waals surface area contributed by atoms with E-state index in [2.05, 4.69) is 20.6 Å². The molecule has 0 saturated heterocycles. The smallest absolute Gasteiger partial charge is 0.251 e. The molecule has 148 valence electrons. The van der Waals surface area contributed by atoms with Crippen molar-refractivity contribution in [3.05, 3.63) is 65.9 Å². The Morgan fingerprint density at radius 3 is 2.90 bits per heavy atom. The molecule has 2 aliphatic heterocycles. The van der Waals surface area contributed by atoms with Gasteiger partial charge in [0.15, 0.2) is 0 Å². The molecule has 0 fully saturated rings. The third-order valence-electron chi connectivity index (χ3n) is 4.70. The Kier molecular flexibility index (Phi) is 5.67. The monoisotopic (exact) mass is 389 g/mol. The second kappa shape index (κ2) is 8.70. The second-order valence-electron chi connectivity index (χ2n) is 6.91. The average molecular weight is 389 g/mol. The molecule has 4 N–H and O–H groups in total. The maximum atomic E-state index is 12.4. The van der Waals surface area contributed by atoms with E-state index in [1.807, 2.05) is 30.3 Å². The van der Waals surface area contributed by atoms with E-state index in [0.29, 0.717) is 42.7 Å². The van der Waals surface area contributed by atoms with E-state index >= 15 is 0 Å². The molecule has 0 saturated carbocycles. The van der Waals surface area contributed by atoms with Gasteiger partial charge in [-0.15, -0.1) is 0 Å². The normalized spacial score (nSPS) is 14.8. The molecule has 7 nitrogen and oxygen atoms in total. The number of carbonyl (C=O) groups excluding carboxylic acids is 1. The Morgan fingerprint density at radius 1 is 1.07 bits per heavy atom. The average Bonchev–Trinajstić information content (AvgIpc) is 2.73. The third-order valence-corrected chi connectivity index (χ3v) is 4.70. The summed E-state index contributed by atoms with van der Waals surface area (Å²) in [4.78, 5) is 21.2. The highest BCUT2D eigenvalue weighted by Gasteiger charge is 2.11. The quantitative estimate of drug-likeness (QED) is 0.509. The van der Waals surface area contributed by atoms with Crippen LogP contribution in [0.15, 0.2) is 54.7 Å². The van der Waals surface area contributed by atoms with Crippen LogP contribution in [0.2, 0.25) is 0 Å². The molecule has 0 spiro atoms. The molecule has 3 aromatic rings. The predicted octanol–water partition coefficient (Wildman–Crippen LogP) is 3.51. The standard InChI is InChI=1S/C22H23N5O2/c23-19-13-16-6-7-18(19)20-8-10-25-22(27-20)26-17-5-3-4-15(12-17)14-29-11-2-1-9-24-21(16)28/h3-8,10,12-13H,1-2,9,11,14,23H2,(H,24,28)(H,25,26,27). The Hall–Kier alpha value is -3.45. The predicted molar refractivity (Wildman–Crippen MR) is 113 cm³/mol. The first-order valence-electron chi connectivity index (χ1n) is 9.64. The van der Waals surface area contributed by atoms with Crippen LogP contribution >= 0.6 is 0 Å². The van der Waals surface area contributed by atoms with Crippen LogP contribution in [0.5, 0.6) is 0 Å². The molecule has 29 heavy (non-hydrogen) atoms. The van der Waals surface area contributed by atoms with E-state index in [1.54, 1.807) is 24.4 Å². The van der Waals surface area contributed by atoms with Gasteiger partial charge in [0.05, 0.1) is 12.3 Å². The SMILES string of the molecule is Nc1cc2ccc1-c1ccnc(n1)Nc1cccc(c1)COCCCCNC2=O. The van der Waals surface area contributed by atoms with Crippen LogP contribution in [0.1, 0.15) is 28.8 Å². The lowest BCUT2D eigenvalue weighted by atomic mass is 10.1. The minimum atomic E-state index is -0.136. The number of hydrogen-bond donors (Lipinski definition) is 3. The zero-order valence-corrected chi connectivity index (χ0v) is 16.0. The van der Waals surface area contributed by atoms with Crippen LogP contribution < -0.4 is 16.4 Å². The molecule has 6 bridgehead atoms. The van der Waals surface area contributed by atoms with Gasteiger partial charge in [-0.1, -0.05) is 12.1 Å². The number of nitrogens with zero attached hydrogens (tertiary/aromatic N) is 2. The van der Waals surface area contributed by atoms with Crippen molar-refractivity contribution in [2.45, 2.75) is 19.4 Å². The van der Waals surface area contributed by atoms with Crippen LogP contribution in [-0.2, 0) is 11.3 Å². The summed E-state index contributed by atoms with van der Waals surface area (Å²) < 4.78 is 5.75. The number of fused-ring (bicyclic) bond motifs is 9. The zero-order chi connectivity index (χ0) is 20.1. The van der Waals surface area contributed by atoms with E-state index in [-0.39, 0.29) is 5.91 Å². The molecule has 0 aliphatic carbocycles. The molecule has 0 radical (unpaired) electrons. The molecule has 3 heterocycles. The first kappa shape index (κ1) is 18.9. The van der Waals surface area contributed by atoms with Gasteiger partial charge in [0.1, 0.15) is 0 Å². The summed E-state index contributed by atoms with van der Waals surface area (Å²) >= 11 is 0. The van der Waals surface area contributed by atoms with E-state index in [1.165, 1.54) is 0 Å². The van der Waals surface area contributed by atoms with Crippen molar-refractivity contribution in [2.75, 3.05) is 24.2 Å². The van der Waals surface area contributed by atoms with Gasteiger partial charge in [-0.3, -0.25) is 4.79 Å². The highest BCUT2D eigenvalue weighted by Crippen LogP contribution is 2.26. The van der Waals surface area contributed by atoms with Gasteiger partial charge >= 0.3 is 0 Å². The van der Waals surface area contributed by atoms with E-state index in [4.69, 9.17) is 10.5 Å². The number of carbonyl (C=O) groups is 1. The Labute approximate surface area is 169 Å². The van der Waals surface area contributed by atoms with Crippen molar-refractivity contribution in [3.63, 3.8) is 0 Å². The molecule has 1 aromatic heterocycles. The number of aromatic nitrogens is 2. The Balaban J connectivity index is 1.67. The summed E-state index contributed by atoms with van der Waals surface area (Å²) in [5, 5.41) is 6.16. The van der Waals surface area contributed by atoms with E-state index in [0.717, 1.165) is 29.7 Å². The molecule has 5 rings (SSSR count). The van der Waals surface area contributed by atoms with Gasteiger partial charge in [0.2, 0.25) is 5.95 Å². The van der Waals surface area contributed by atoms with Crippen molar-refractivity contribution in [1.82, 2.24) is 15.3 Å². The number of rotatable bonds is 0. The molecular weight excluding hydrogens is 366 g/mol. The summed E-state index contributed by atoms with van der Waals surface area (Å²) in [5.41, 5.74) is 10.6. The number of anilines is 3. The molecule has 1 amide bonds. The lowest BCUT2D eigenvalue weighted by molar-refractivity contribution is 0.0946. The molecule has 2 aliphatic rings. The maximum absolute atomic E-state index is 12.4. The largest absolute Gasteiger partial charge is 0.398 e. The van der Waals surface area contributed by atoms with Gasteiger partial charge in [-0.05, 0) is 54.8 Å². The fraction of sp³-hybridized carbons (Fsp3) is 0.227. The number of nitrogens with one attached hydrogen (secondary N) is 2. The number of ether oxygens (including phenoxy) is 1. The first-order chi connectivity index (χ1) is 14.2. The van der Waals surface area contributed by atoms with Crippen LogP contribution in [0.3, 0.4) is 0 Å². The first-order valence-corrected chi connectivity index (χ1v) is 9.64. The molecule has 0 atom stereocenters. The van der Waals surface area contributed by atoms with Crippen molar-refractivity contribution in [2.24, 2.45) is 0 Å². The van der Waals surface area contributed by atoms with Crippen molar-refractivity contribution in [3.8, 4) is 11.3 Å². The second-order valence-corrected chi connectivity index (χ2v) is 6.91. The number of nitrogen functional groups attached to an aromatic ring is 1. The molecule has 7 heteroatoms. The lowest BCUT2D eigenvalue weighted by Gasteiger charge is -2.10. The minimum absolute atomic E-state index is 0.136. The Bertz CT molecular complexity index is 1020. The van der Waals surface area contributed by atoms with Crippen LogP contribution in [0.4, 0.5) is 17.3 Å². The highest BCUT2D eigenvalue weighted by molar-refractivity contribution is 5.96. The van der Waals surface area contributed by atoms with Gasteiger partial charge < -0.3 is 21.1 Å². The number of hydrogen-bond acceptors (Lipinski definition) is 6. The van der Waals surface area contributed by atoms with Crippen molar-refractivity contribution >= 4 is 23.2 Å². The lowest BCUT2D eigenvalue weighted by Crippen LogP contribution is -2.24. The summed E-state index contributed by atoms with van der Waals surface area (Å²) in [5.74, 6) is 0.336. The maximum Gasteiger partial charge on any atom is 0.251 e. The van der Waals surface area contributed by atoms with Crippen LogP contribution in [0, 0.1) is 0 Å². The summed E-state index contributed by atoms with van der Waals surface area (Å²) in [7, 11) is 0. The summed E-state index contributed by atoms with van der Waals surface area (Å²) in [6.07, 6.45) is 3.40. The molecular formula is C22H23N5O2. The summed E-state index contributed by atoms with van der Waals surface area (Å²) in [6, 6.07) is 15.0. The van der Waals surface area contributed by atoms with Crippen molar-refractivity contribution < 1.29 is 9.53 Å². The third kappa shape index (κ3) is 4.70. The van der Waals surface area contributed by atoms with Gasteiger partial charge in [0, 0.05) is 41.9 Å². The van der Waals surface area contributed by atoms with Gasteiger partial charge in [-0.25, -0.2) is 9.97 Å². The number of amides is 1. The highest BCUT2D eigenvalue weighted by atomic mass is 16.5. The topological polar surface area (TPSA) is 102 Å². The fourth-order valence-electron chi connectivity index (χ4n) is 3.20. The summed E-state index contributed by atoms with van der Waals surface area (Å²) in [6.45, 7) is 1.77. The van der Waals surface area contributed by atoms with Crippen LogP contribution in [-0.4, -0.2) is 29.0 Å². The van der Waals surface area contributed by atoms with E-state index in [9.17, 15) is 4.79 Å². The zero-order valence-electron chi connectivity index (χ0n) is 16.0. The number of benzene rings is 2. The number of nitrogens with two attached hydrogens (primary N) is 1. The van der Waals surface area contributed by atoms with E-state index < -0.39 is 0 Å². The molecule has 2 aromatic carbocycles. The Morgan fingerprint density at radius 2 is 2.00 bits per heavy atom. The minimum Gasteiger partial charge on any atom is -0.398 e. The van der Waals surface area contributed by atoms with Gasteiger partial charge in [0.25, 0.3) is 5.91 Å². The molecule has 0 unspecified atom stereocenters. The van der Waals surface area contributed by atoms with Gasteiger partial charge in [-0.2, -0.15) is 0 Å². The fourth-order valence-corrected chi connectivity index (χ4v) is 3.20. The van der Waals surface area contributed by atoms with Crippen molar-refractivity contribution in [1.29, 1.82) is 0 Å². The van der Waals surface area contributed by atoms with Crippen LogP contribution in [0.25, 0.3) is 11.3 Å².